The number of aromatic nitrogens is 6. The predicted molar refractivity (Wildman–Crippen MR) is 129 cm³/mol. The Balaban J connectivity index is 1.70. The van der Waals surface area contributed by atoms with Gasteiger partial charge in [0.05, 0.1) is 24.0 Å². The number of carbonyl (C=O) groups is 2. The van der Waals surface area contributed by atoms with E-state index in [4.69, 9.17) is 4.74 Å². The molecule has 3 aromatic heterocycles. The number of benzene rings is 1. The second-order valence-corrected chi connectivity index (χ2v) is 7.44. The molecule has 12 heteroatoms. The van der Waals surface area contributed by atoms with Gasteiger partial charge in [-0.2, -0.15) is 5.10 Å². The van der Waals surface area contributed by atoms with Crippen LogP contribution in [0, 0.1) is 0 Å². The first kappa shape index (κ1) is 23.3. The lowest BCUT2D eigenvalue weighted by Gasteiger charge is -2.16. The Labute approximate surface area is 200 Å². The number of nitrogens with zero attached hydrogens (tertiary/aromatic N) is 6. The van der Waals surface area contributed by atoms with E-state index in [-0.39, 0.29) is 11.5 Å². The van der Waals surface area contributed by atoms with Crippen molar-refractivity contribution in [2.24, 2.45) is 7.05 Å². The van der Waals surface area contributed by atoms with E-state index in [2.05, 4.69) is 41.2 Å². The van der Waals surface area contributed by atoms with Crippen LogP contribution in [0.15, 0.2) is 48.9 Å². The molecule has 0 bridgehead atoms. The summed E-state index contributed by atoms with van der Waals surface area (Å²) in [4.78, 5) is 32.5. The third kappa shape index (κ3) is 5.05. The predicted octanol–water partition coefficient (Wildman–Crippen LogP) is 2.73. The Morgan fingerprint density at radius 1 is 1.00 bits per heavy atom. The fourth-order valence-electron chi connectivity index (χ4n) is 3.28. The van der Waals surface area contributed by atoms with Gasteiger partial charge in [-0.1, -0.05) is 6.07 Å². The van der Waals surface area contributed by atoms with E-state index >= 15 is 0 Å². The third-order valence-electron chi connectivity index (χ3n) is 4.99. The van der Waals surface area contributed by atoms with Gasteiger partial charge in [0, 0.05) is 31.9 Å². The SMILES string of the molecule is CNC(=O)c1nnc(Nc2ccc(C(C)=O)cn2)cc1Nc1cccc(-c2ncn(C)n2)c1OC. The van der Waals surface area contributed by atoms with Crippen LogP contribution < -0.4 is 20.7 Å². The summed E-state index contributed by atoms with van der Waals surface area (Å²) in [7, 11) is 4.83. The van der Waals surface area contributed by atoms with Gasteiger partial charge in [-0.25, -0.2) is 9.97 Å². The first-order valence-electron chi connectivity index (χ1n) is 10.5. The molecule has 35 heavy (non-hydrogen) atoms. The summed E-state index contributed by atoms with van der Waals surface area (Å²) in [6.07, 6.45) is 3.07. The number of ketones is 1. The largest absolute Gasteiger partial charge is 0.494 e. The van der Waals surface area contributed by atoms with Crippen LogP contribution in [0.25, 0.3) is 11.4 Å². The lowest BCUT2D eigenvalue weighted by atomic mass is 10.1. The van der Waals surface area contributed by atoms with Crippen molar-refractivity contribution in [3.63, 3.8) is 0 Å². The molecule has 1 aromatic carbocycles. The van der Waals surface area contributed by atoms with Gasteiger partial charge in [-0.15, -0.1) is 10.2 Å². The summed E-state index contributed by atoms with van der Waals surface area (Å²) in [6.45, 7) is 1.47. The van der Waals surface area contributed by atoms with Gasteiger partial charge < -0.3 is 20.7 Å². The van der Waals surface area contributed by atoms with Crippen LogP contribution in [0.1, 0.15) is 27.8 Å². The Bertz CT molecular complexity index is 1380. The van der Waals surface area contributed by atoms with Gasteiger partial charge in [0.15, 0.2) is 28.9 Å². The van der Waals surface area contributed by atoms with Crippen LogP contribution in [0.4, 0.5) is 23.0 Å². The molecule has 178 valence electrons. The van der Waals surface area contributed by atoms with E-state index < -0.39 is 5.91 Å². The van der Waals surface area contributed by atoms with E-state index in [1.807, 2.05) is 12.1 Å². The average molecular weight is 473 g/mol. The van der Waals surface area contributed by atoms with Crippen LogP contribution in [0.2, 0.25) is 0 Å². The molecule has 0 saturated heterocycles. The first-order valence-corrected chi connectivity index (χ1v) is 10.5. The second kappa shape index (κ2) is 9.95. The number of rotatable bonds is 8. The van der Waals surface area contributed by atoms with Crippen LogP contribution >= 0.6 is 0 Å². The number of para-hydroxylation sites is 1. The number of Topliss-reactive ketones (excluding diaryl/α,β-unsaturated/α-hetero) is 1. The topological polar surface area (TPSA) is 149 Å². The number of amides is 1. The number of hydrogen-bond acceptors (Lipinski definition) is 10. The quantitative estimate of drug-likeness (QED) is 0.326. The van der Waals surface area contributed by atoms with Gasteiger partial charge in [-0.05, 0) is 31.2 Å². The van der Waals surface area contributed by atoms with Crippen LogP contribution in [0.3, 0.4) is 0 Å². The van der Waals surface area contributed by atoms with Crippen LogP contribution in [0.5, 0.6) is 5.75 Å². The van der Waals surface area contributed by atoms with Crippen molar-refractivity contribution in [3.05, 3.63) is 60.2 Å². The summed E-state index contributed by atoms with van der Waals surface area (Å²) in [5.74, 6) is 1.29. The van der Waals surface area contributed by atoms with Crippen molar-refractivity contribution in [2.45, 2.75) is 6.92 Å². The monoisotopic (exact) mass is 473 g/mol. The first-order chi connectivity index (χ1) is 16.9. The molecule has 3 N–H and O–H groups in total. The lowest BCUT2D eigenvalue weighted by molar-refractivity contribution is 0.0957. The highest BCUT2D eigenvalue weighted by atomic mass is 16.5. The van der Waals surface area contributed by atoms with E-state index in [9.17, 15) is 9.59 Å². The molecule has 0 spiro atoms. The fourth-order valence-corrected chi connectivity index (χ4v) is 3.28. The van der Waals surface area contributed by atoms with Crippen molar-refractivity contribution in [1.29, 1.82) is 0 Å². The molecule has 0 saturated carbocycles. The summed E-state index contributed by atoms with van der Waals surface area (Å²) in [5.41, 5.74) is 2.21. The van der Waals surface area contributed by atoms with Crippen molar-refractivity contribution >= 4 is 34.7 Å². The van der Waals surface area contributed by atoms with Crippen molar-refractivity contribution in [2.75, 3.05) is 24.8 Å². The Morgan fingerprint density at radius 2 is 1.83 bits per heavy atom. The number of hydrogen-bond donors (Lipinski definition) is 3. The minimum atomic E-state index is -0.419. The zero-order valence-corrected chi connectivity index (χ0v) is 19.5. The van der Waals surface area contributed by atoms with Gasteiger partial charge in [0.2, 0.25) is 0 Å². The molecule has 3 heterocycles. The summed E-state index contributed by atoms with van der Waals surface area (Å²) < 4.78 is 7.25. The standard InChI is InChI=1S/C23H23N9O3/c1-13(33)14-8-9-18(25-11-14)28-19-10-17(20(30-29-19)23(34)24-2)27-16-7-5-6-15(21(16)35-4)22-26-12-32(3)31-22/h5-12H,1-4H3,(H,24,34)(H2,25,27,28,29). The summed E-state index contributed by atoms with van der Waals surface area (Å²) >= 11 is 0. The number of methoxy groups -OCH3 is 1. The Morgan fingerprint density at radius 3 is 2.46 bits per heavy atom. The molecular weight excluding hydrogens is 450 g/mol. The van der Waals surface area contributed by atoms with Crippen molar-refractivity contribution < 1.29 is 14.3 Å². The number of ether oxygens (including phenoxy) is 1. The van der Waals surface area contributed by atoms with Crippen molar-refractivity contribution in [1.82, 2.24) is 35.3 Å². The molecule has 0 aliphatic rings. The highest BCUT2D eigenvalue weighted by molar-refractivity contribution is 5.99. The maximum Gasteiger partial charge on any atom is 0.273 e. The number of pyridine rings is 1. The molecule has 4 rings (SSSR count). The van der Waals surface area contributed by atoms with E-state index in [0.29, 0.717) is 45.7 Å². The molecule has 4 aromatic rings. The van der Waals surface area contributed by atoms with Crippen LogP contribution in [-0.4, -0.2) is 55.8 Å². The Kier molecular flexibility index (Phi) is 6.62. The van der Waals surface area contributed by atoms with Gasteiger partial charge in [-0.3, -0.25) is 14.3 Å². The molecule has 0 fully saturated rings. The highest BCUT2D eigenvalue weighted by Gasteiger charge is 2.19. The fraction of sp³-hybridized carbons (Fsp3) is 0.174. The molecule has 1 amide bonds. The molecule has 12 nitrogen and oxygen atoms in total. The minimum Gasteiger partial charge on any atom is -0.494 e. The number of nitrogens with one attached hydrogen (secondary N) is 3. The van der Waals surface area contributed by atoms with Gasteiger partial charge in [0.1, 0.15) is 12.1 Å². The lowest BCUT2D eigenvalue weighted by Crippen LogP contribution is -2.21. The van der Waals surface area contributed by atoms with E-state index in [0.717, 1.165) is 0 Å². The van der Waals surface area contributed by atoms with E-state index in [1.165, 1.54) is 20.2 Å². The molecule has 0 unspecified atom stereocenters. The normalized spacial score (nSPS) is 10.5. The Hall–Kier alpha value is -4.87. The van der Waals surface area contributed by atoms with Gasteiger partial charge in [0.25, 0.3) is 5.91 Å². The molecule has 0 aliphatic heterocycles. The molecular formula is C23H23N9O3. The average Bonchev–Trinajstić information content (AvgIpc) is 3.30. The van der Waals surface area contributed by atoms with Gasteiger partial charge >= 0.3 is 0 Å². The highest BCUT2D eigenvalue weighted by Crippen LogP contribution is 2.37. The number of carbonyl (C=O) groups excluding carboxylic acids is 2. The molecule has 0 atom stereocenters. The smallest absolute Gasteiger partial charge is 0.273 e. The maximum absolute atomic E-state index is 12.5. The third-order valence-corrected chi connectivity index (χ3v) is 4.99. The van der Waals surface area contributed by atoms with Crippen molar-refractivity contribution in [3.8, 4) is 17.1 Å². The zero-order chi connectivity index (χ0) is 24.9. The number of anilines is 4. The minimum absolute atomic E-state index is 0.0812. The summed E-state index contributed by atoms with van der Waals surface area (Å²) in [6, 6.07) is 10.4. The molecule has 0 aliphatic carbocycles. The molecule has 0 radical (unpaired) electrons. The zero-order valence-electron chi connectivity index (χ0n) is 19.5. The number of aryl methyl sites for hydroxylation is 1. The van der Waals surface area contributed by atoms with E-state index in [1.54, 1.807) is 49.4 Å². The second-order valence-electron chi connectivity index (χ2n) is 7.44. The van der Waals surface area contributed by atoms with Crippen LogP contribution in [-0.2, 0) is 7.05 Å². The summed E-state index contributed by atoms with van der Waals surface area (Å²) in [5, 5.41) is 21.3. The maximum atomic E-state index is 12.5.